The molecule has 408 valence electrons. The molecule has 0 aromatic rings. The molecular weight excluding hydrogens is 1040 g/mol. The van der Waals surface area contributed by atoms with Gasteiger partial charge in [-0.25, -0.2) is 9.59 Å². The highest BCUT2D eigenvalue weighted by molar-refractivity contribution is 7.84. The number of aliphatic carboxylic acids is 2. The van der Waals surface area contributed by atoms with Crippen LogP contribution in [0.3, 0.4) is 0 Å². The number of carboxylic acids is 2. The van der Waals surface area contributed by atoms with E-state index in [1.165, 1.54) is 14.2 Å². The number of aliphatic hydroxyl groups excluding tert-OH is 12. The molecular formula is C30H51N3O34S3. The molecule has 0 aliphatic carbocycles. The molecule has 5 rings (SSSR count). The molecule has 0 radical (unpaired) electrons. The summed E-state index contributed by atoms with van der Waals surface area (Å²) in [7, 11) is -16.0. The highest BCUT2D eigenvalue weighted by Crippen LogP contribution is 2.36. The van der Waals surface area contributed by atoms with Crippen molar-refractivity contribution in [3.05, 3.63) is 0 Å². The van der Waals surface area contributed by atoms with Gasteiger partial charge in [0.1, 0.15) is 110 Å². The van der Waals surface area contributed by atoms with Crippen molar-refractivity contribution in [3.63, 3.8) is 0 Å². The quantitative estimate of drug-likeness (QED) is 0.0534. The maximum Gasteiger partial charge on any atom is 0.335 e. The molecule has 40 heteroatoms. The Kier molecular flexibility index (Phi) is 19.3. The smallest absolute Gasteiger partial charge is 0.335 e. The third-order valence-electron chi connectivity index (χ3n) is 11.2. The van der Waals surface area contributed by atoms with Crippen molar-refractivity contribution in [2.45, 2.75) is 153 Å². The summed E-state index contributed by atoms with van der Waals surface area (Å²) in [5, 5.41) is 147. The molecule has 5 saturated heterocycles. The van der Waals surface area contributed by atoms with Crippen molar-refractivity contribution < 1.29 is 163 Å². The standard InChI is InChI=1S/C30H51N3O34S3/c34-1-4-10(37)11(38)8(32-69(53,54)55)27(60-4)64-20-14(41)17(44)30(67-22(20)24(45)46)63-19-6(3-36)61-28(9(13(19)40)33-70(56,57)58)65-21-15(42)16(43)29(66-23(21)25(47)48)62-18-5(2-35)59-26(49)7(12(18)39)31-68(50,51)52/h4-23,26-44,49H,1-3H2,(H,45,46)(H,47,48)(H,50,51,52)(H,53,54,55)(H,56,57,58)/t4-,5-,6-,7-,8-,9-,10-,11-,12-,13-,14-,15-,16-,17-,18-,19-,20+,21+,22+,23+,26?,27-,28-,29-,30-/m1/s1. The third-order valence-corrected chi connectivity index (χ3v) is 12.9. The molecule has 0 saturated carbocycles. The second-order valence-corrected chi connectivity index (χ2v) is 19.5. The van der Waals surface area contributed by atoms with E-state index in [0.29, 0.717) is 0 Å². The van der Waals surface area contributed by atoms with Crippen LogP contribution in [0.5, 0.6) is 0 Å². The van der Waals surface area contributed by atoms with Crippen LogP contribution >= 0.6 is 0 Å². The van der Waals surface area contributed by atoms with Crippen LogP contribution in [-0.4, -0.2) is 296 Å². The summed E-state index contributed by atoms with van der Waals surface area (Å²) in [6, 6.07) is -6.87. The lowest BCUT2D eigenvalue weighted by molar-refractivity contribution is -0.375. The SMILES string of the molecule is O=C(O)[C@H]1O[C@@H](O[C@H]2[C@H](O)[C@@H](NS(=O)(=O)O)C(O)O[C@@H]2CO)[C@H](O)[C@@H](O)[C@@H]1O[C@H]1O[C@H](CO)[C@@H](O[C@@H]2O[C@H](C(=O)O)[C@@H](O[C@H]3O[C@H](CO)[C@@H](O)[C@H](O)[C@H]3NS(=O)(=O)O)[C@H](O)[C@H]2O)[C@H](O)[C@H]1NS(=O)(=O)O. The molecule has 0 spiro atoms. The summed E-state index contributed by atoms with van der Waals surface area (Å²) < 4.78 is 151. The van der Waals surface area contributed by atoms with E-state index in [1.807, 2.05) is 0 Å². The van der Waals surface area contributed by atoms with Crippen LogP contribution in [-0.2, 0) is 83.1 Å². The van der Waals surface area contributed by atoms with Crippen molar-refractivity contribution in [3.8, 4) is 0 Å². The Hall–Kier alpha value is -2.29. The van der Waals surface area contributed by atoms with E-state index in [2.05, 4.69) is 0 Å². The van der Waals surface area contributed by atoms with Crippen LogP contribution in [0.2, 0.25) is 0 Å². The van der Waals surface area contributed by atoms with E-state index in [9.17, 15) is 120 Å². The number of nitrogens with one attached hydrogen (secondary N) is 3. The minimum absolute atomic E-state index is 1.09. The zero-order valence-electron chi connectivity index (χ0n) is 34.8. The van der Waals surface area contributed by atoms with Gasteiger partial charge in [-0.1, -0.05) is 0 Å². The molecule has 5 aliphatic rings. The molecule has 20 N–H and O–H groups in total. The number of hydrogen-bond donors (Lipinski definition) is 20. The lowest BCUT2D eigenvalue weighted by Crippen LogP contribution is -2.70. The van der Waals surface area contributed by atoms with E-state index in [0.717, 1.165) is 0 Å². The Morgan fingerprint density at radius 2 is 0.729 bits per heavy atom. The Bertz CT molecular complexity index is 2130. The third kappa shape index (κ3) is 13.5. The highest BCUT2D eigenvalue weighted by atomic mass is 32.2. The van der Waals surface area contributed by atoms with E-state index < -0.39 is 216 Å². The largest absolute Gasteiger partial charge is 0.479 e. The fourth-order valence-corrected chi connectivity index (χ4v) is 9.70. The van der Waals surface area contributed by atoms with Crippen molar-refractivity contribution in [1.29, 1.82) is 0 Å². The number of ether oxygens (including phenoxy) is 9. The van der Waals surface area contributed by atoms with Crippen LogP contribution in [0.25, 0.3) is 0 Å². The summed E-state index contributed by atoms with van der Waals surface area (Å²) in [4.78, 5) is 25.0. The second kappa shape index (κ2) is 23.1. The Morgan fingerprint density at radius 1 is 0.400 bits per heavy atom. The summed E-state index contributed by atoms with van der Waals surface area (Å²) >= 11 is 0. The number of hydrogen-bond acceptors (Lipinski definition) is 29. The van der Waals surface area contributed by atoms with Crippen molar-refractivity contribution in [2.75, 3.05) is 19.8 Å². The van der Waals surface area contributed by atoms with Crippen molar-refractivity contribution in [2.24, 2.45) is 0 Å². The predicted molar refractivity (Wildman–Crippen MR) is 205 cm³/mol. The van der Waals surface area contributed by atoms with Gasteiger partial charge < -0.3 is 114 Å². The Labute approximate surface area is 392 Å². The molecule has 70 heavy (non-hydrogen) atoms. The fraction of sp³-hybridized carbons (Fsp3) is 0.933. The summed E-state index contributed by atoms with van der Waals surface area (Å²) in [5.41, 5.74) is 0. The highest BCUT2D eigenvalue weighted by Gasteiger charge is 2.59. The molecule has 1 unspecified atom stereocenters. The van der Waals surface area contributed by atoms with Gasteiger partial charge in [0.2, 0.25) is 0 Å². The number of carbonyl (C=O) groups is 2. The first-order chi connectivity index (χ1) is 32.3. The maximum atomic E-state index is 12.5. The lowest BCUT2D eigenvalue weighted by atomic mass is 9.94. The van der Waals surface area contributed by atoms with Gasteiger partial charge in [0.15, 0.2) is 43.7 Å². The van der Waals surface area contributed by atoms with Gasteiger partial charge in [-0.05, 0) is 0 Å². The molecule has 5 fully saturated rings. The molecule has 5 aliphatic heterocycles. The monoisotopic (exact) mass is 1090 g/mol. The maximum absolute atomic E-state index is 12.5. The molecule has 37 nitrogen and oxygen atoms in total. The van der Waals surface area contributed by atoms with Gasteiger partial charge in [0.05, 0.1) is 19.8 Å². The van der Waals surface area contributed by atoms with Gasteiger partial charge in [0, 0.05) is 0 Å². The predicted octanol–water partition coefficient (Wildman–Crippen LogP) is -13.5. The van der Waals surface area contributed by atoms with Crippen molar-refractivity contribution in [1.82, 2.24) is 14.2 Å². The molecule has 0 amide bonds. The van der Waals surface area contributed by atoms with E-state index >= 15 is 0 Å². The average Bonchev–Trinajstić information content (AvgIpc) is 3.25. The second-order valence-electron chi connectivity index (χ2n) is 15.9. The minimum Gasteiger partial charge on any atom is -0.479 e. The lowest BCUT2D eigenvalue weighted by Gasteiger charge is -2.49. The van der Waals surface area contributed by atoms with Gasteiger partial charge in [-0.15, -0.1) is 0 Å². The number of aliphatic hydroxyl groups is 12. The van der Waals surface area contributed by atoms with Gasteiger partial charge in [0.25, 0.3) is 0 Å². The van der Waals surface area contributed by atoms with E-state index in [4.69, 9.17) is 42.6 Å². The van der Waals surface area contributed by atoms with Crippen LogP contribution in [0.4, 0.5) is 0 Å². The van der Waals surface area contributed by atoms with Gasteiger partial charge in [-0.2, -0.15) is 39.4 Å². The zero-order chi connectivity index (χ0) is 52.7. The average molecular weight is 1090 g/mol. The summed E-state index contributed by atoms with van der Waals surface area (Å²) in [5.74, 6) is -4.15. The first-order valence-corrected chi connectivity index (χ1v) is 24.2. The van der Waals surface area contributed by atoms with Crippen LogP contribution in [0.1, 0.15) is 0 Å². The summed E-state index contributed by atoms with van der Waals surface area (Å²) in [6.07, 6.45) is -51.6. The Balaban J connectivity index is 1.37. The van der Waals surface area contributed by atoms with Crippen LogP contribution in [0, 0.1) is 0 Å². The normalized spacial score (nSPS) is 45.5. The topological polar surface area (TPSA) is 600 Å². The first-order valence-electron chi connectivity index (χ1n) is 19.9. The van der Waals surface area contributed by atoms with E-state index in [-0.39, 0.29) is 0 Å². The molecule has 0 aromatic carbocycles. The summed E-state index contributed by atoms with van der Waals surface area (Å²) in [6.45, 7) is -3.55. The zero-order valence-corrected chi connectivity index (χ0v) is 37.3. The van der Waals surface area contributed by atoms with Crippen LogP contribution < -0.4 is 14.2 Å². The first kappa shape index (κ1) is 58.6. The molecule has 25 atom stereocenters. The van der Waals surface area contributed by atoms with Crippen LogP contribution in [0.15, 0.2) is 0 Å². The number of carboxylic acid groups (broad SMARTS) is 2. The molecule has 0 bridgehead atoms. The Morgan fingerprint density at radius 3 is 1.10 bits per heavy atom. The molecule has 0 aromatic heterocycles. The minimum atomic E-state index is -5.55. The molecule has 5 heterocycles. The fourth-order valence-electron chi connectivity index (χ4n) is 7.91. The number of rotatable bonds is 19. The van der Waals surface area contributed by atoms with Gasteiger partial charge >= 0.3 is 42.9 Å². The van der Waals surface area contributed by atoms with E-state index in [1.54, 1.807) is 0 Å². The van der Waals surface area contributed by atoms with Gasteiger partial charge in [-0.3, -0.25) is 13.7 Å². The van der Waals surface area contributed by atoms with Crippen molar-refractivity contribution >= 4 is 42.9 Å².